The zero-order valence-electron chi connectivity index (χ0n) is 9.41. The summed E-state index contributed by atoms with van der Waals surface area (Å²) < 4.78 is 0. The third-order valence-corrected chi connectivity index (χ3v) is 3.62. The number of carbonyl (C=O) groups excluding carboxylic acids is 1. The van der Waals surface area contributed by atoms with Crippen LogP contribution < -0.4 is 5.32 Å². The Bertz CT molecular complexity index is 239. The highest BCUT2D eigenvalue weighted by Gasteiger charge is 2.15. The second-order valence-corrected chi connectivity index (χ2v) is 5.20. The van der Waals surface area contributed by atoms with Gasteiger partial charge in [-0.2, -0.15) is 11.8 Å². The number of carboxylic acids is 1. The van der Waals surface area contributed by atoms with Crippen molar-refractivity contribution < 1.29 is 14.7 Å². The fraction of sp³-hybridized carbons (Fsp3) is 0.818. The summed E-state index contributed by atoms with van der Waals surface area (Å²) in [5.41, 5.74) is 0. The lowest BCUT2D eigenvalue weighted by atomic mass is 9.95. The summed E-state index contributed by atoms with van der Waals surface area (Å²) in [5.74, 6) is 0.125. The summed E-state index contributed by atoms with van der Waals surface area (Å²) in [4.78, 5) is 21.7. The van der Waals surface area contributed by atoms with Crippen molar-refractivity contribution in [1.29, 1.82) is 0 Å². The molecule has 1 aliphatic rings. The zero-order valence-corrected chi connectivity index (χ0v) is 10.2. The monoisotopic (exact) mass is 245 g/mol. The van der Waals surface area contributed by atoms with E-state index in [0.29, 0.717) is 17.5 Å². The van der Waals surface area contributed by atoms with Gasteiger partial charge in [0, 0.05) is 11.8 Å². The molecule has 0 bridgehead atoms. The maximum Gasteiger partial charge on any atom is 0.304 e. The van der Waals surface area contributed by atoms with Crippen molar-refractivity contribution in [3.63, 3.8) is 0 Å². The van der Waals surface area contributed by atoms with E-state index in [9.17, 15) is 9.59 Å². The average molecular weight is 245 g/mol. The Labute approximate surface area is 100 Å². The van der Waals surface area contributed by atoms with Gasteiger partial charge in [0.2, 0.25) is 5.91 Å². The quantitative estimate of drug-likeness (QED) is 0.698. The number of hydrogen-bond acceptors (Lipinski definition) is 3. The number of amides is 1. The van der Waals surface area contributed by atoms with E-state index in [0.717, 1.165) is 12.8 Å². The molecule has 0 unspecified atom stereocenters. The molecule has 0 saturated heterocycles. The molecule has 1 aliphatic carbocycles. The van der Waals surface area contributed by atoms with Crippen molar-refractivity contribution in [1.82, 2.24) is 5.32 Å². The third-order valence-electron chi connectivity index (χ3n) is 2.66. The second-order valence-electron chi connectivity index (χ2n) is 4.10. The molecular formula is C11H19NO3S. The Balaban J connectivity index is 2.03. The molecule has 1 amide bonds. The molecule has 1 rings (SSSR count). The van der Waals surface area contributed by atoms with E-state index in [1.54, 1.807) is 0 Å². The van der Waals surface area contributed by atoms with Crippen molar-refractivity contribution in [3.05, 3.63) is 0 Å². The summed E-state index contributed by atoms with van der Waals surface area (Å²) in [5, 5.41) is 11.4. The molecule has 0 aromatic heterocycles. The maximum atomic E-state index is 11.5. The first-order valence-corrected chi connectivity index (χ1v) is 6.93. The third kappa shape index (κ3) is 6.00. The second kappa shape index (κ2) is 7.54. The number of aliphatic carboxylic acids is 1. The molecule has 0 aromatic carbocycles. The highest BCUT2D eigenvalue weighted by atomic mass is 32.2. The van der Waals surface area contributed by atoms with Gasteiger partial charge in [-0.25, -0.2) is 0 Å². The number of hydrogen-bond donors (Lipinski definition) is 2. The number of carbonyl (C=O) groups is 2. The van der Waals surface area contributed by atoms with Gasteiger partial charge in [-0.3, -0.25) is 9.59 Å². The minimum atomic E-state index is -0.805. The first-order valence-electron chi connectivity index (χ1n) is 5.77. The maximum absolute atomic E-state index is 11.5. The first-order chi connectivity index (χ1) is 7.68. The van der Waals surface area contributed by atoms with Gasteiger partial charge in [0.05, 0.1) is 12.2 Å². The molecule has 0 aromatic rings. The Morgan fingerprint density at radius 3 is 2.56 bits per heavy atom. The number of thioether (sulfide) groups is 1. The van der Waals surface area contributed by atoms with Crippen LogP contribution in [0.5, 0.6) is 0 Å². The van der Waals surface area contributed by atoms with Crippen LogP contribution in [0.25, 0.3) is 0 Å². The number of nitrogens with one attached hydrogen (secondary N) is 1. The van der Waals surface area contributed by atoms with Crippen LogP contribution >= 0.6 is 11.8 Å². The van der Waals surface area contributed by atoms with E-state index in [1.807, 2.05) is 0 Å². The zero-order chi connectivity index (χ0) is 11.8. The molecule has 0 spiro atoms. The van der Waals surface area contributed by atoms with Gasteiger partial charge in [-0.1, -0.05) is 19.3 Å². The van der Waals surface area contributed by atoms with Crippen LogP contribution in [-0.4, -0.2) is 34.5 Å². The van der Waals surface area contributed by atoms with E-state index >= 15 is 0 Å². The minimum absolute atomic E-state index is 0.0438. The fourth-order valence-electron chi connectivity index (χ4n) is 1.84. The molecule has 5 heteroatoms. The van der Waals surface area contributed by atoms with Crippen LogP contribution in [0.3, 0.4) is 0 Å². The van der Waals surface area contributed by atoms with Crippen molar-refractivity contribution in [2.75, 3.05) is 11.5 Å². The largest absolute Gasteiger partial charge is 0.481 e. The van der Waals surface area contributed by atoms with Crippen LogP contribution in [0.2, 0.25) is 0 Å². The topological polar surface area (TPSA) is 66.4 Å². The van der Waals surface area contributed by atoms with Crippen LogP contribution in [0.4, 0.5) is 0 Å². The van der Waals surface area contributed by atoms with E-state index in [4.69, 9.17) is 5.11 Å². The molecule has 0 aliphatic heterocycles. The summed E-state index contributed by atoms with van der Waals surface area (Å²) in [6.07, 6.45) is 5.99. The number of carboxylic acid groups (broad SMARTS) is 1. The Hall–Kier alpha value is -0.710. The smallest absolute Gasteiger partial charge is 0.304 e. The van der Waals surface area contributed by atoms with Gasteiger partial charge in [-0.15, -0.1) is 0 Å². The molecule has 4 nitrogen and oxygen atoms in total. The van der Waals surface area contributed by atoms with Gasteiger partial charge < -0.3 is 10.4 Å². The summed E-state index contributed by atoms with van der Waals surface area (Å²) in [6.45, 7) is 0. The van der Waals surface area contributed by atoms with Crippen LogP contribution in [0.15, 0.2) is 0 Å². The van der Waals surface area contributed by atoms with Crippen molar-refractivity contribution >= 4 is 23.6 Å². The highest BCUT2D eigenvalue weighted by Crippen LogP contribution is 2.17. The van der Waals surface area contributed by atoms with Gasteiger partial charge >= 0.3 is 5.97 Å². The van der Waals surface area contributed by atoms with Crippen LogP contribution in [0, 0.1) is 0 Å². The van der Waals surface area contributed by atoms with E-state index < -0.39 is 5.97 Å². The van der Waals surface area contributed by atoms with Crippen molar-refractivity contribution in [3.8, 4) is 0 Å². The van der Waals surface area contributed by atoms with Crippen LogP contribution in [-0.2, 0) is 9.59 Å². The minimum Gasteiger partial charge on any atom is -0.481 e. The Morgan fingerprint density at radius 1 is 1.25 bits per heavy atom. The standard InChI is InChI=1S/C11H19NO3S/c13-10(8-16-7-6-11(14)15)12-9-4-2-1-3-5-9/h9H,1-8H2,(H,12,13)(H,14,15). The van der Waals surface area contributed by atoms with Gasteiger partial charge in [0.25, 0.3) is 0 Å². The lowest BCUT2D eigenvalue weighted by Gasteiger charge is -2.22. The SMILES string of the molecule is O=C(O)CCSCC(=O)NC1CCCCC1. The van der Waals surface area contributed by atoms with Gasteiger partial charge in [-0.05, 0) is 12.8 Å². The molecule has 2 N–H and O–H groups in total. The number of rotatable bonds is 6. The van der Waals surface area contributed by atoms with E-state index in [-0.39, 0.29) is 12.3 Å². The lowest BCUT2D eigenvalue weighted by molar-refractivity contribution is -0.136. The lowest BCUT2D eigenvalue weighted by Crippen LogP contribution is -2.37. The molecule has 92 valence electrons. The molecule has 1 fully saturated rings. The fourth-order valence-corrected chi connectivity index (χ4v) is 2.57. The van der Waals surface area contributed by atoms with Crippen molar-refractivity contribution in [2.45, 2.75) is 44.6 Å². The summed E-state index contributed by atoms with van der Waals surface area (Å²) in [7, 11) is 0. The predicted molar refractivity (Wildman–Crippen MR) is 64.6 cm³/mol. The molecule has 0 radical (unpaired) electrons. The van der Waals surface area contributed by atoms with E-state index in [1.165, 1.54) is 31.0 Å². The van der Waals surface area contributed by atoms with Gasteiger partial charge in [0.1, 0.15) is 0 Å². The summed E-state index contributed by atoms with van der Waals surface area (Å²) in [6, 6.07) is 0.348. The molecule has 0 heterocycles. The Morgan fingerprint density at radius 2 is 1.94 bits per heavy atom. The first kappa shape index (κ1) is 13.4. The van der Waals surface area contributed by atoms with Gasteiger partial charge in [0.15, 0.2) is 0 Å². The Kier molecular flexibility index (Phi) is 6.30. The van der Waals surface area contributed by atoms with Crippen LogP contribution in [0.1, 0.15) is 38.5 Å². The average Bonchev–Trinajstić information content (AvgIpc) is 2.25. The van der Waals surface area contributed by atoms with E-state index in [2.05, 4.69) is 5.32 Å². The molecule has 0 atom stereocenters. The molecule has 1 saturated carbocycles. The molecular weight excluding hydrogens is 226 g/mol. The molecule has 16 heavy (non-hydrogen) atoms. The summed E-state index contributed by atoms with van der Waals surface area (Å²) >= 11 is 1.39. The van der Waals surface area contributed by atoms with Crippen molar-refractivity contribution in [2.24, 2.45) is 0 Å². The normalized spacial score (nSPS) is 17.0. The highest BCUT2D eigenvalue weighted by molar-refractivity contribution is 7.99. The predicted octanol–water partition coefficient (Wildman–Crippen LogP) is 1.64.